The van der Waals surface area contributed by atoms with Gasteiger partial charge in [0.1, 0.15) is 0 Å². The van der Waals surface area contributed by atoms with Gasteiger partial charge in [-0.15, -0.1) is 0 Å². The van der Waals surface area contributed by atoms with Gasteiger partial charge in [-0.25, -0.2) is 4.39 Å². The molecule has 0 saturated heterocycles. The predicted octanol–water partition coefficient (Wildman–Crippen LogP) is 5.28. The summed E-state index contributed by atoms with van der Waals surface area (Å²) in [7, 11) is 0. The van der Waals surface area contributed by atoms with Gasteiger partial charge >= 0.3 is 0 Å². The molecule has 0 amide bonds. The summed E-state index contributed by atoms with van der Waals surface area (Å²) in [6, 6.07) is 9.14. The first-order valence-electron chi connectivity index (χ1n) is 4.76. The average molecular weight is 312 g/mol. The van der Waals surface area contributed by atoms with Crippen molar-refractivity contribution in [1.29, 1.82) is 0 Å². The maximum atomic E-state index is 14.1. The Bertz CT molecular complexity index is 488. The van der Waals surface area contributed by atoms with Gasteiger partial charge in [-0.1, -0.05) is 76.7 Å². The van der Waals surface area contributed by atoms with Gasteiger partial charge in [0.2, 0.25) is 9.46 Å². The summed E-state index contributed by atoms with van der Waals surface area (Å²) in [4.78, 5) is 0. The van der Waals surface area contributed by atoms with E-state index < -0.39 is 9.46 Å². The Morgan fingerprint density at radius 2 is 1.59 bits per heavy atom. The maximum absolute atomic E-state index is 14.1. The van der Waals surface area contributed by atoms with Crippen molar-refractivity contribution in [1.82, 2.24) is 0 Å². The third-order valence-electron chi connectivity index (χ3n) is 2.44. The van der Waals surface area contributed by atoms with Crippen LogP contribution in [0.3, 0.4) is 0 Å². The van der Waals surface area contributed by atoms with Crippen molar-refractivity contribution in [3.8, 4) is 0 Å². The summed E-state index contributed by atoms with van der Waals surface area (Å²) in [6.45, 7) is 0. The molecule has 0 nitrogen and oxygen atoms in total. The molecule has 0 fully saturated rings. The Hall–Kier alpha value is -0.210. The van der Waals surface area contributed by atoms with Crippen molar-refractivity contribution in [3.05, 3.63) is 53.1 Å². The molecule has 1 aliphatic carbocycles. The molecule has 2 rings (SSSR count). The van der Waals surface area contributed by atoms with Crippen molar-refractivity contribution in [3.63, 3.8) is 0 Å². The summed E-state index contributed by atoms with van der Waals surface area (Å²) < 4.78 is 12.2. The lowest BCUT2D eigenvalue weighted by molar-refractivity contribution is 0.332. The second-order valence-corrected chi connectivity index (χ2v) is 5.94. The lowest BCUT2D eigenvalue weighted by Gasteiger charge is -2.32. The Morgan fingerprint density at radius 1 is 1.00 bits per heavy atom. The van der Waals surface area contributed by atoms with Gasteiger partial charge < -0.3 is 0 Å². The number of allylic oxidation sites excluding steroid dienone is 4. The largest absolute Gasteiger partial charge is 0.240 e. The topological polar surface area (TPSA) is 0 Å². The third-order valence-corrected chi connectivity index (χ3v) is 4.57. The van der Waals surface area contributed by atoms with E-state index in [2.05, 4.69) is 0 Å². The highest BCUT2D eigenvalue weighted by Gasteiger charge is 2.52. The minimum absolute atomic E-state index is 0.0420. The van der Waals surface area contributed by atoms with E-state index in [4.69, 9.17) is 46.4 Å². The van der Waals surface area contributed by atoms with Gasteiger partial charge in [0.15, 0.2) is 0 Å². The van der Waals surface area contributed by atoms with Crippen molar-refractivity contribution in [2.75, 3.05) is 0 Å². The quantitative estimate of drug-likeness (QED) is 0.619. The molecule has 1 aromatic carbocycles. The second-order valence-electron chi connectivity index (χ2n) is 3.66. The van der Waals surface area contributed by atoms with Crippen LogP contribution in [0.5, 0.6) is 0 Å². The molecule has 0 spiro atoms. The molecule has 0 radical (unpaired) electrons. The van der Waals surface area contributed by atoms with Crippen LogP contribution in [0.15, 0.2) is 47.5 Å². The maximum Gasteiger partial charge on any atom is 0.240 e. The first-order chi connectivity index (χ1) is 7.84. The molecule has 17 heavy (non-hydrogen) atoms. The molecule has 0 bridgehead atoms. The van der Waals surface area contributed by atoms with Crippen LogP contribution in [0.4, 0.5) is 4.39 Å². The zero-order valence-corrected chi connectivity index (χ0v) is 11.5. The number of benzene rings is 1. The van der Waals surface area contributed by atoms with Crippen LogP contribution in [0.25, 0.3) is 5.57 Å². The van der Waals surface area contributed by atoms with Crippen LogP contribution in [0.2, 0.25) is 0 Å². The minimum Gasteiger partial charge on any atom is -0.218 e. The number of rotatable bonds is 1. The highest BCUT2D eigenvalue weighted by atomic mass is 35.5. The summed E-state index contributed by atoms with van der Waals surface area (Å²) in [5.41, 5.74) is 1.34. The number of halogens is 5. The zero-order valence-electron chi connectivity index (χ0n) is 8.43. The fourth-order valence-corrected chi connectivity index (χ4v) is 2.25. The van der Waals surface area contributed by atoms with Crippen LogP contribution in [0, 0.1) is 0 Å². The third kappa shape index (κ3) is 2.34. The molecule has 0 aromatic heterocycles. The van der Waals surface area contributed by atoms with Gasteiger partial charge in [0.05, 0.1) is 5.03 Å². The first-order valence-corrected chi connectivity index (χ1v) is 6.27. The van der Waals surface area contributed by atoms with Crippen LogP contribution in [-0.2, 0) is 0 Å². The second kappa shape index (κ2) is 4.47. The first kappa shape index (κ1) is 13.2. The molecule has 90 valence electrons. The SMILES string of the molecule is FC1(Cl)C=C(c2ccccc2)C=C(Cl)C1(Cl)Cl. The molecule has 5 heteroatoms. The number of alkyl halides is 4. The van der Waals surface area contributed by atoms with Crippen LogP contribution >= 0.6 is 46.4 Å². The van der Waals surface area contributed by atoms with E-state index in [1.54, 1.807) is 0 Å². The van der Waals surface area contributed by atoms with Crippen molar-refractivity contribution < 1.29 is 4.39 Å². The summed E-state index contributed by atoms with van der Waals surface area (Å²) in [5, 5.41) is -2.48. The monoisotopic (exact) mass is 310 g/mol. The fraction of sp³-hybridized carbons (Fsp3) is 0.167. The average Bonchev–Trinajstić information content (AvgIpc) is 2.27. The van der Waals surface area contributed by atoms with Crippen LogP contribution < -0.4 is 0 Å². The molecule has 1 atom stereocenters. The van der Waals surface area contributed by atoms with Gasteiger partial charge in [0, 0.05) is 0 Å². The Labute approximate surface area is 119 Å². The molecule has 0 aliphatic heterocycles. The molecule has 0 N–H and O–H groups in total. The zero-order chi connectivity index (χ0) is 12.7. The van der Waals surface area contributed by atoms with E-state index in [1.165, 1.54) is 6.08 Å². The van der Waals surface area contributed by atoms with Gasteiger partial charge in [-0.05, 0) is 23.3 Å². The molecule has 0 saturated carbocycles. The highest BCUT2D eigenvalue weighted by Crippen LogP contribution is 2.52. The Kier molecular flexibility index (Phi) is 3.48. The summed E-state index contributed by atoms with van der Waals surface area (Å²) in [6.07, 6.45) is 2.67. The van der Waals surface area contributed by atoms with Crippen molar-refractivity contribution in [2.24, 2.45) is 0 Å². The van der Waals surface area contributed by atoms with Gasteiger partial charge in [0.25, 0.3) is 0 Å². The van der Waals surface area contributed by atoms with E-state index in [9.17, 15) is 4.39 Å². The number of hydrogen-bond donors (Lipinski definition) is 0. The van der Waals surface area contributed by atoms with E-state index in [0.717, 1.165) is 11.6 Å². The normalized spacial score (nSPS) is 27.4. The van der Waals surface area contributed by atoms with E-state index in [1.807, 2.05) is 30.3 Å². The van der Waals surface area contributed by atoms with Crippen molar-refractivity contribution in [2.45, 2.75) is 9.46 Å². The van der Waals surface area contributed by atoms with E-state index in [0.29, 0.717) is 5.57 Å². The highest BCUT2D eigenvalue weighted by molar-refractivity contribution is 6.60. The summed E-state index contributed by atoms with van der Waals surface area (Å²) >= 11 is 23.1. The van der Waals surface area contributed by atoms with E-state index in [-0.39, 0.29) is 5.03 Å². The smallest absolute Gasteiger partial charge is 0.218 e. The fourth-order valence-electron chi connectivity index (χ4n) is 1.51. The lowest BCUT2D eigenvalue weighted by atomic mass is 9.98. The van der Waals surface area contributed by atoms with E-state index >= 15 is 0 Å². The van der Waals surface area contributed by atoms with Gasteiger partial charge in [-0.3, -0.25) is 0 Å². The molecule has 1 unspecified atom stereocenters. The Balaban J connectivity index is 2.50. The molecule has 0 heterocycles. The van der Waals surface area contributed by atoms with Crippen molar-refractivity contribution >= 4 is 52.0 Å². The van der Waals surface area contributed by atoms with Gasteiger partial charge in [-0.2, -0.15) is 0 Å². The Morgan fingerprint density at radius 3 is 2.12 bits per heavy atom. The molecule has 1 aliphatic rings. The van der Waals surface area contributed by atoms with Crippen LogP contribution in [0.1, 0.15) is 5.56 Å². The molecule has 1 aromatic rings. The standard InChI is InChI=1S/C12H7Cl4F/c13-10-6-9(8-4-2-1-3-5-8)7-11(14,17)12(10,15)16/h1-7H. The predicted molar refractivity (Wildman–Crippen MR) is 72.5 cm³/mol. The number of hydrogen-bond acceptors (Lipinski definition) is 0. The minimum atomic E-state index is -2.44. The molecular formula is C12H7Cl4F. The summed E-state index contributed by atoms with van der Waals surface area (Å²) in [5.74, 6) is 0. The lowest BCUT2D eigenvalue weighted by Crippen LogP contribution is -2.38. The van der Waals surface area contributed by atoms with Crippen LogP contribution in [-0.4, -0.2) is 9.46 Å². The molecular weight excluding hydrogens is 305 g/mol.